The first-order valence-electron chi connectivity index (χ1n) is 7.49. The van der Waals surface area contributed by atoms with E-state index < -0.39 is 7.12 Å². The van der Waals surface area contributed by atoms with E-state index >= 15 is 0 Å². The van der Waals surface area contributed by atoms with Crippen LogP contribution >= 0.6 is 0 Å². The summed E-state index contributed by atoms with van der Waals surface area (Å²) >= 11 is 0. The minimum Gasteiger partial charge on any atom is -0.400 e. The van der Waals surface area contributed by atoms with Crippen LogP contribution < -0.4 is 17.2 Å². The molecule has 0 aromatic heterocycles. The van der Waals surface area contributed by atoms with Crippen LogP contribution in [0.3, 0.4) is 0 Å². The number of anilines is 2. The Bertz CT molecular complexity index is 596. The number of aryl methyl sites for hydroxylation is 1. The van der Waals surface area contributed by atoms with E-state index in [1.54, 1.807) is 0 Å². The van der Waals surface area contributed by atoms with E-state index in [9.17, 15) is 0 Å². The van der Waals surface area contributed by atoms with Crippen LogP contribution in [0.15, 0.2) is 17.6 Å². The summed E-state index contributed by atoms with van der Waals surface area (Å²) in [4.78, 5) is 0. The molecule has 0 saturated carbocycles. The molecular formula is C16H26BN3O2. The first-order valence-corrected chi connectivity index (χ1v) is 7.49. The predicted octanol–water partition coefficient (Wildman–Crippen LogP) is 2.13. The van der Waals surface area contributed by atoms with Crippen molar-refractivity contribution >= 4 is 24.6 Å². The van der Waals surface area contributed by atoms with E-state index in [2.05, 4.69) is 0 Å². The SMILES string of the molecule is Cc1cc(N)c(N)cc1C=C(CN)B1OC(C)(C)C(C)(C)O1. The highest BCUT2D eigenvalue weighted by Crippen LogP contribution is 2.38. The number of benzene rings is 1. The molecule has 1 aromatic rings. The highest BCUT2D eigenvalue weighted by atomic mass is 16.7. The maximum atomic E-state index is 6.06. The highest BCUT2D eigenvalue weighted by molar-refractivity contribution is 6.55. The molecule has 0 atom stereocenters. The highest BCUT2D eigenvalue weighted by Gasteiger charge is 2.52. The van der Waals surface area contributed by atoms with E-state index in [1.165, 1.54) is 0 Å². The van der Waals surface area contributed by atoms with E-state index in [0.29, 0.717) is 17.9 Å². The molecule has 1 heterocycles. The number of hydrogen-bond donors (Lipinski definition) is 3. The maximum absolute atomic E-state index is 6.06. The lowest BCUT2D eigenvalue weighted by Gasteiger charge is -2.32. The summed E-state index contributed by atoms with van der Waals surface area (Å²) in [7, 11) is -0.451. The zero-order valence-corrected chi connectivity index (χ0v) is 14.1. The minimum atomic E-state index is -0.451. The van der Waals surface area contributed by atoms with Crippen molar-refractivity contribution in [2.45, 2.75) is 45.8 Å². The summed E-state index contributed by atoms with van der Waals surface area (Å²) in [5, 5.41) is 0. The van der Waals surface area contributed by atoms with Gasteiger partial charge in [-0.05, 0) is 63.4 Å². The van der Waals surface area contributed by atoms with Crippen molar-refractivity contribution in [2.75, 3.05) is 18.0 Å². The molecule has 5 nitrogen and oxygen atoms in total. The summed E-state index contributed by atoms with van der Waals surface area (Å²) in [6.45, 7) is 10.4. The molecule has 120 valence electrons. The quantitative estimate of drug-likeness (QED) is 0.587. The monoisotopic (exact) mass is 303 g/mol. The Morgan fingerprint density at radius 3 is 2.09 bits per heavy atom. The van der Waals surface area contributed by atoms with Crippen LogP contribution in [-0.4, -0.2) is 24.9 Å². The van der Waals surface area contributed by atoms with Gasteiger partial charge in [0.2, 0.25) is 0 Å². The molecule has 6 heteroatoms. The topological polar surface area (TPSA) is 96.5 Å². The molecule has 6 N–H and O–H groups in total. The van der Waals surface area contributed by atoms with Crippen LogP contribution in [0.2, 0.25) is 0 Å². The number of hydrogen-bond acceptors (Lipinski definition) is 5. The zero-order chi connectivity index (χ0) is 16.7. The summed E-state index contributed by atoms with van der Waals surface area (Å²) in [6.07, 6.45) is 1.98. The lowest BCUT2D eigenvalue weighted by Crippen LogP contribution is -2.41. The molecule has 0 amide bonds. The van der Waals surface area contributed by atoms with E-state index in [0.717, 1.165) is 16.6 Å². The third-order valence-electron chi connectivity index (χ3n) is 4.60. The van der Waals surface area contributed by atoms with Gasteiger partial charge in [-0.15, -0.1) is 0 Å². The summed E-state index contributed by atoms with van der Waals surface area (Å²) < 4.78 is 12.1. The van der Waals surface area contributed by atoms with Gasteiger partial charge in [0.05, 0.1) is 22.6 Å². The molecule has 1 fully saturated rings. The van der Waals surface area contributed by atoms with Crippen molar-refractivity contribution in [1.29, 1.82) is 0 Å². The van der Waals surface area contributed by atoms with Gasteiger partial charge < -0.3 is 26.5 Å². The molecule has 0 radical (unpaired) electrons. The Labute approximate surface area is 133 Å². The molecule has 0 aliphatic carbocycles. The van der Waals surface area contributed by atoms with E-state index in [1.807, 2.05) is 52.8 Å². The van der Waals surface area contributed by atoms with Crippen LogP contribution in [0, 0.1) is 6.92 Å². The van der Waals surface area contributed by atoms with Crippen LogP contribution in [0.1, 0.15) is 38.8 Å². The van der Waals surface area contributed by atoms with Gasteiger partial charge in [0.1, 0.15) is 0 Å². The van der Waals surface area contributed by atoms with Crippen molar-refractivity contribution < 1.29 is 9.31 Å². The van der Waals surface area contributed by atoms with Crippen LogP contribution in [0.25, 0.3) is 6.08 Å². The summed E-state index contributed by atoms with van der Waals surface area (Å²) in [5.41, 5.74) is 20.9. The average molecular weight is 303 g/mol. The Kier molecular flexibility index (Phi) is 4.30. The first-order chi connectivity index (χ1) is 10.1. The molecule has 1 aromatic carbocycles. The smallest absolute Gasteiger partial charge is 0.400 e. The first kappa shape index (κ1) is 16.9. The van der Waals surface area contributed by atoms with Crippen LogP contribution in [0.5, 0.6) is 0 Å². The largest absolute Gasteiger partial charge is 0.491 e. The van der Waals surface area contributed by atoms with Gasteiger partial charge in [-0.1, -0.05) is 6.08 Å². The molecule has 1 saturated heterocycles. The van der Waals surface area contributed by atoms with Gasteiger partial charge in [-0.2, -0.15) is 0 Å². The van der Waals surface area contributed by atoms with Gasteiger partial charge >= 0.3 is 7.12 Å². The maximum Gasteiger partial charge on any atom is 0.491 e. The fourth-order valence-electron chi connectivity index (χ4n) is 2.34. The number of nitrogens with two attached hydrogens (primary N) is 3. The zero-order valence-electron chi connectivity index (χ0n) is 14.1. The van der Waals surface area contributed by atoms with Crippen molar-refractivity contribution in [1.82, 2.24) is 0 Å². The molecule has 0 bridgehead atoms. The van der Waals surface area contributed by atoms with Gasteiger partial charge in [0, 0.05) is 6.54 Å². The lowest BCUT2D eigenvalue weighted by atomic mass is 9.77. The van der Waals surface area contributed by atoms with Crippen molar-refractivity contribution in [2.24, 2.45) is 5.73 Å². The number of nitrogen functional groups attached to an aromatic ring is 2. The van der Waals surface area contributed by atoms with Gasteiger partial charge in [-0.3, -0.25) is 0 Å². The van der Waals surface area contributed by atoms with Crippen molar-refractivity contribution in [3.63, 3.8) is 0 Å². The number of rotatable bonds is 3. The lowest BCUT2D eigenvalue weighted by molar-refractivity contribution is 0.00578. The van der Waals surface area contributed by atoms with E-state index in [4.69, 9.17) is 26.5 Å². The van der Waals surface area contributed by atoms with E-state index in [-0.39, 0.29) is 11.2 Å². The molecular weight excluding hydrogens is 277 g/mol. The Balaban J connectivity index is 2.36. The molecule has 1 aliphatic rings. The summed E-state index contributed by atoms with van der Waals surface area (Å²) in [6, 6.07) is 3.71. The fourth-order valence-corrected chi connectivity index (χ4v) is 2.34. The van der Waals surface area contributed by atoms with Crippen molar-refractivity contribution in [3.8, 4) is 0 Å². The minimum absolute atomic E-state index is 0.348. The second-order valence-electron chi connectivity index (χ2n) is 6.85. The molecule has 0 spiro atoms. The van der Waals surface area contributed by atoms with Crippen molar-refractivity contribution in [3.05, 3.63) is 28.7 Å². The van der Waals surface area contributed by atoms with Gasteiger partial charge in [0.25, 0.3) is 0 Å². The van der Waals surface area contributed by atoms with Crippen LogP contribution in [-0.2, 0) is 9.31 Å². The summed E-state index contributed by atoms with van der Waals surface area (Å²) in [5.74, 6) is 0. The van der Waals surface area contributed by atoms with Gasteiger partial charge in [0.15, 0.2) is 0 Å². The third-order valence-corrected chi connectivity index (χ3v) is 4.60. The average Bonchev–Trinajstić information content (AvgIpc) is 2.61. The Hall–Kier alpha value is -1.50. The van der Waals surface area contributed by atoms with Gasteiger partial charge in [-0.25, -0.2) is 0 Å². The third kappa shape index (κ3) is 3.00. The molecule has 0 unspecified atom stereocenters. The Morgan fingerprint density at radius 1 is 1.09 bits per heavy atom. The predicted molar refractivity (Wildman–Crippen MR) is 93.1 cm³/mol. The fraction of sp³-hybridized carbons (Fsp3) is 0.500. The van der Waals surface area contributed by atoms with Crippen LogP contribution in [0.4, 0.5) is 11.4 Å². The molecule has 2 rings (SSSR count). The second kappa shape index (κ2) is 5.61. The second-order valence-corrected chi connectivity index (χ2v) is 6.85. The Morgan fingerprint density at radius 2 is 1.59 bits per heavy atom. The standard InChI is InChI=1S/C16H26BN3O2/c1-10-6-13(19)14(20)8-11(10)7-12(9-18)17-21-15(2,3)16(4,5)22-17/h6-8H,9,18-20H2,1-5H3. The normalized spacial score (nSPS) is 20.5. The molecule has 22 heavy (non-hydrogen) atoms. The molecule has 1 aliphatic heterocycles.